The molecule has 12 nitrogen and oxygen atoms in total. The third kappa shape index (κ3) is 8.33. The van der Waals surface area contributed by atoms with Crippen molar-refractivity contribution < 1.29 is 34.8 Å². The zero-order valence-corrected chi connectivity index (χ0v) is 42.3. The highest BCUT2D eigenvalue weighted by Gasteiger charge is 2.63. The van der Waals surface area contributed by atoms with Gasteiger partial charge in [-0.3, -0.25) is 9.59 Å². The summed E-state index contributed by atoms with van der Waals surface area (Å²) < 4.78 is 5.57. The standard InChI is InChI=1S/C61H73N5O7/c1-3-63-31-45-44(21-40-30-65-46-28-47(67)41-12-10-39-29-66-60-56(39)57(41)59(46)55(40)58(45)60)37-15-18-61(53(72)24-37)17-14-36(43-27-50(70)51(73-2)23-35(43)11-13-52(61)71)22-48(68)49(69)26-42(38-16-19-64-54(62)25-38)34-9-8-32-6-4-5-7-33(32)20-34/h4-9,16,20,23,25,27,29,36-37,40-42,44-46,48-49,53,55,57-59,63-66,68-70,72H,3,10-13,15,18-19,21-22,24,26,28,30-31,62H2,1-2H3. The van der Waals surface area contributed by atoms with E-state index in [4.69, 9.17) is 10.5 Å². The van der Waals surface area contributed by atoms with E-state index in [1.165, 1.54) is 23.9 Å². The Morgan fingerprint density at radius 3 is 2.62 bits per heavy atom. The van der Waals surface area contributed by atoms with Crippen LogP contribution >= 0.6 is 0 Å². The second kappa shape index (κ2) is 19.4. The second-order valence-electron chi connectivity index (χ2n) is 23.2. The largest absolute Gasteiger partial charge is 0.504 e. The van der Waals surface area contributed by atoms with E-state index in [2.05, 4.69) is 82.3 Å². The molecule has 12 rings (SSSR count). The van der Waals surface area contributed by atoms with Crippen molar-refractivity contribution in [2.75, 3.05) is 33.3 Å². The topological polar surface area (TPSA) is 202 Å². The number of phenols is 1. The first-order valence-electron chi connectivity index (χ1n) is 27.5. The Hall–Kier alpha value is -5.42. The number of rotatable bonds is 12. The Bertz CT molecular complexity index is 2930. The molecule has 10 N–H and O–H groups in total. The molecule has 73 heavy (non-hydrogen) atoms. The second-order valence-corrected chi connectivity index (χ2v) is 23.2. The summed E-state index contributed by atoms with van der Waals surface area (Å²) in [5.41, 5.74) is 12.6. The predicted molar refractivity (Wildman–Crippen MR) is 281 cm³/mol. The summed E-state index contributed by atoms with van der Waals surface area (Å²) in [6.45, 7) is 5.37. The predicted octanol–water partition coefficient (Wildman–Crippen LogP) is 6.73. The van der Waals surface area contributed by atoms with Gasteiger partial charge in [0.05, 0.1) is 31.2 Å². The minimum absolute atomic E-state index is 0.0329. The number of aromatic amines is 1. The van der Waals surface area contributed by atoms with E-state index in [9.17, 15) is 30.0 Å². The van der Waals surface area contributed by atoms with Gasteiger partial charge in [0, 0.05) is 66.9 Å². The lowest BCUT2D eigenvalue weighted by Gasteiger charge is -2.63. The van der Waals surface area contributed by atoms with Crippen LogP contribution in [0.1, 0.15) is 122 Å². The molecule has 3 heterocycles. The Labute approximate surface area is 429 Å². The van der Waals surface area contributed by atoms with Crippen LogP contribution in [-0.2, 0) is 22.4 Å². The highest BCUT2D eigenvalue weighted by Crippen LogP contribution is 2.66. The van der Waals surface area contributed by atoms with Crippen LogP contribution in [0.15, 0.2) is 84.3 Å². The lowest BCUT2D eigenvalue weighted by Crippen LogP contribution is -2.65. The number of allylic oxidation sites excluding steroid dienone is 2. The first-order chi connectivity index (χ1) is 35.4. The number of piperidine rings is 1. The molecule has 3 saturated carbocycles. The van der Waals surface area contributed by atoms with Crippen LogP contribution in [0.2, 0.25) is 0 Å². The molecule has 8 aliphatic rings. The number of aromatic hydroxyl groups is 1. The number of phenolic OH excluding ortho intramolecular Hbond substituents is 1. The molecule has 16 atom stereocenters. The average Bonchev–Trinajstić information content (AvgIpc) is 3.86. The number of benzene rings is 3. The molecule has 1 saturated heterocycles. The minimum Gasteiger partial charge on any atom is -0.504 e. The number of H-pyrrole nitrogens is 1. The fraction of sp³-hybridized carbons (Fsp3) is 0.541. The Morgan fingerprint density at radius 1 is 0.959 bits per heavy atom. The number of aromatic nitrogens is 1. The quantitative estimate of drug-likeness (QED) is 0.0682. The van der Waals surface area contributed by atoms with Crippen LogP contribution in [0.4, 0.5) is 0 Å². The molecule has 16 unspecified atom stereocenters. The fourth-order valence-electron chi connectivity index (χ4n) is 16.4. The summed E-state index contributed by atoms with van der Waals surface area (Å²) in [5.74, 6) is 9.99. The molecule has 384 valence electrons. The molecular weight excluding hydrogens is 915 g/mol. The van der Waals surface area contributed by atoms with Crippen molar-refractivity contribution in [3.05, 3.63) is 118 Å². The van der Waals surface area contributed by atoms with Gasteiger partial charge in [0.15, 0.2) is 17.3 Å². The van der Waals surface area contributed by atoms with Gasteiger partial charge < -0.3 is 51.8 Å². The van der Waals surface area contributed by atoms with Crippen LogP contribution in [-0.4, -0.2) is 94.6 Å². The number of hydrogen-bond donors (Lipinski definition) is 9. The molecule has 0 radical (unpaired) electrons. The maximum Gasteiger partial charge on any atom is 0.160 e. The van der Waals surface area contributed by atoms with Crippen molar-refractivity contribution in [1.29, 1.82) is 0 Å². The van der Waals surface area contributed by atoms with Crippen LogP contribution < -0.4 is 26.4 Å². The number of dihydropyridines is 1. The number of nitrogens with two attached hydrogens (primary N) is 1. The minimum atomic E-state index is -1.31. The molecule has 0 bridgehead atoms. The summed E-state index contributed by atoms with van der Waals surface area (Å²) in [7, 11) is 1.50. The van der Waals surface area contributed by atoms with Crippen LogP contribution in [0.5, 0.6) is 11.5 Å². The highest BCUT2D eigenvalue weighted by molar-refractivity contribution is 5.89. The highest BCUT2D eigenvalue weighted by atomic mass is 16.5. The molecule has 4 fully saturated rings. The molecule has 2 aliphatic heterocycles. The van der Waals surface area contributed by atoms with Crippen LogP contribution in [0.25, 0.3) is 10.8 Å². The molecule has 4 aromatic rings. The van der Waals surface area contributed by atoms with Gasteiger partial charge in [-0.2, -0.15) is 0 Å². The van der Waals surface area contributed by atoms with Gasteiger partial charge in [-0.1, -0.05) is 67.3 Å². The van der Waals surface area contributed by atoms with Gasteiger partial charge >= 0.3 is 0 Å². The number of hydrogen-bond acceptors (Lipinski definition) is 11. The lowest BCUT2D eigenvalue weighted by molar-refractivity contribution is -0.138. The number of fused-ring (bicyclic) bond motifs is 3. The monoisotopic (exact) mass is 988 g/mol. The number of aliphatic hydroxyl groups is 3. The van der Waals surface area contributed by atoms with E-state index in [-0.39, 0.29) is 60.3 Å². The number of carbonyl (C=O) groups excluding carboxylic acids is 2. The maximum absolute atomic E-state index is 14.9. The van der Waals surface area contributed by atoms with Crippen molar-refractivity contribution in [2.24, 2.45) is 52.6 Å². The Balaban J connectivity index is 0.842. The zero-order valence-electron chi connectivity index (χ0n) is 42.3. The van der Waals surface area contributed by atoms with Gasteiger partial charge in [-0.25, -0.2) is 0 Å². The van der Waals surface area contributed by atoms with Crippen molar-refractivity contribution in [2.45, 2.75) is 126 Å². The van der Waals surface area contributed by atoms with Gasteiger partial charge in [0.1, 0.15) is 11.2 Å². The van der Waals surface area contributed by atoms with Crippen molar-refractivity contribution in [1.82, 2.24) is 20.9 Å². The molecule has 12 heteroatoms. The normalized spacial score (nSPS) is 34.3. The third-order valence-corrected chi connectivity index (χ3v) is 19.8. The number of Topliss-reactive ketones (excluding diaryl/α,β-unsaturated/α-hetero) is 2. The number of carbonyl (C=O) groups is 2. The molecule has 6 aliphatic carbocycles. The molecular formula is C61H73N5O7. The first kappa shape index (κ1) is 48.5. The Kier molecular flexibility index (Phi) is 12.9. The number of ether oxygens (including phenoxy) is 1. The summed E-state index contributed by atoms with van der Waals surface area (Å²) in [6, 6.07) is 18.1. The van der Waals surface area contributed by atoms with E-state index < -0.39 is 29.6 Å². The van der Waals surface area contributed by atoms with Crippen molar-refractivity contribution in [3.63, 3.8) is 0 Å². The van der Waals surface area contributed by atoms with Crippen molar-refractivity contribution >= 4 is 22.3 Å². The van der Waals surface area contributed by atoms with Gasteiger partial charge in [0.25, 0.3) is 0 Å². The van der Waals surface area contributed by atoms with E-state index in [0.717, 1.165) is 72.8 Å². The molecule has 1 spiro atoms. The van der Waals surface area contributed by atoms with Gasteiger partial charge in [0.2, 0.25) is 0 Å². The van der Waals surface area contributed by atoms with Gasteiger partial charge in [-0.15, -0.1) is 0 Å². The lowest BCUT2D eigenvalue weighted by atomic mass is 9.44. The summed E-state index contributed by atoms with van der Waals surface area (Å²) in [6.07, 6.45) is 8.79. The van der Waals surface area contributed by atoms with E-state index >= 15 is 0 Å². The van der Waals surface area contributed by atoms with E-state index in [1.54, 1.807) is 12.1 Å². The first-order valence-corrected chi connectivity index (χ1v) is 27.5. The molecule has 3 aromatic carbocycles. The average molecular weight is 988 g/mol. The number of methoxy groups -OCH3 is 1. The SMILES string of the molecule is CCNCC1C(C2CCC3(C#CC(CC(O)C(O)CC(C4=CCNC(N)=C4)c4ccc5ccccc5c4)c4cc(O)c(OC)cc4CCC3=O)C(O)C2)CC2CNC3CC(=O)C4CCc5c[nH]c6c5C4C3C2C61. The van der Waals surface area contributed by atoms with E-state index in [0.29, 0.717) is 90.8 Å². The zero-order chi connectivity index (χ0) is 50.3. The summed E-state index contributed by atoms with van der Waals surface area (Å²) in [5, 5.41) is 61.2. The van der Waals surface area contributed by atoms with Crippen LogP contribution in [0, 0.1) is 58.7 Å². The smallest absolute Gasteiger partial charge is 0.160 e. The van der Waals surface area contributed by atoms with Crippen LogP contribution in [0.3, 0.4) is 0 Å². The molecule has 1 aromatic heterocycles. The number of aliphatic hydroxyl groups excluding tert-OH is 3. The fourth-order valence-corrected chi connectivity index (χ4v) is 16.4. The third-order valence-electron chi connectivity index (χ3n) is 19.8. The number of nitrogens with one attached hydrogen (secondary N) is 4. The van der Waals surface area contributed by atoms with E-state index in [1.807, 2.05) is 18.2 Å². The summed E-state index contributed by atoms with van der Waals surface area (Å²) in [4.78, 5) is 32.4. The number of aryl methyl sites for hydroxylation is 2. The van der Waals surface area contributed by atoms with Crippen molar-refractivity contribution in [3.8, 4) is 23.3 Å². The molecule has 0 amide bonds. The Morgan fingerprint density at radius 2 is 1.81 bits per heavy atom. The summed E-state index contributed by atoms with van der Waals surface area (Å²) >= 11 is 0. The maximum atomic E-state index is 14.9. The van der Waals surface area contributed by atoms with Gasteiger partial charge in [-0.05, 0) is 175 Å². The number of ketones is 2.